The molecule has 112 valence electrons. The first-order valence-corrected chi connectivity index (χ1v) is 7.69. The molecule has 2 N–H and O–H groups in total. The summed E-state index contributed by atoms with van der Waals surface area (Å²) in [5.74, 6) is -2.66. The fourth-order valence-electron chi connectivity index (χ4n) is 1.79. The predicted molar refractivity (Wildman–Crippen MR) is 72.2 cm³/mol. The Balaban J connectivity index is 2.82. The Morgan fingerprint density at radius 3 is 2.45 bits per heavy atom. The second kappa shape index (κ2) is 6.81. The minimum Gasteiger partial charge on any atom is -0.481 e. The van der Waals surface area contributed by atoms with E-state index >= 15 is 0 Å². The lowest BCUT2D eigenvalue weighted by molar-refractivity contribution is -0.142. The van der Waals surface area contributed by atoms with Crippen LogP contribution in [0.25, 0.3) is 0 Å². The average molecular weight is 303 g/mol. The SMILES string of the molecule is CC(C)CC(CNS(=O)(=O)c1ccccc1F)C(=O)O. The average Bonchev–Trinajstić information content (AvgIpc) is 2.34. The third-order valence-corrected chi connectivity index (χ3v) is 4.21. The van der Waals surface area contributed by atoms with Crippen LogP contribution in [-0.2, 0) is 14.8 Å². The van der Waals surface area contributed by atoms with Crippen LogP contribution in [0, 0.1) is 17.7 Å². The summed E-state index contributed by atoms with van der Waals surface area (Å²) in [6.45, 7) is 3.44. The first kappa shape index (κ1) is 16.6. The number of aliphatic carboxylic acids is 1. The van der Waals surface area contributed by atoms with Gasteiger partial charge in [-0.05, 0) is 24.5 Å². The topological polar surface area (TPSA) is 83.5 Å². The third kappa shape index (κ3) is 4.57. The molecule has 0 bridgehead atoms. The fraction of sp³-hybridized carbons (Fsp3) is 0.462. The molecule has 0 saturated carbocycles. The lowest BCUT2D eigenvalue weighted by Gasteiger charge is -2.15. The Hall–Kier alpha value is -1.47. The molecule has 0 saturated heterocycles. The van der Waals surface area contributed by atoms with Crippen molar-refractivity contribution in [3.63, 3.8) is 0 Å². The molecule has 0 radical (unpaired) electrons. The van der Waals surface area contributed by atoms with E-state index in [0.29, 0.717) is 6.42 Å². The monoisotopic (exact) mass is 303 g/mol. The summed E-state index contributed by atoms with van der Waals surface area (Å²) in [5, 5.41) is 9.04. The Bertz CT molecular complexity index is 571. The lowest BCUT2D eigenvalue weighted by Crippen LogP contribution is -2.34. The Kier molecular flexibility index (Phi) is 5.64. The molecule has 1 aromatic carbocycles. The van der Waals surface area contributed by atoms with E-state index in [9.17, 15) is 17.6 Å². The molecule has 1 aromatic rings. The highest BCUT2D eigenvalue weighted by Crippen LogP contribution is 2.15. The molecule has 1 atom stereocenters. The number of carboxylic acids is 1. The maximum Gasteiger partial charge on any atom is 0.307 e. The standard InChI is InChI=1S/C13H18FNO4S/c1-9(2)7-10(13(16)17)8-15-20(18,19)12-6-4-3-5-11(12)14/h3-6,9-10,15H,7-8H2,1-2H3,(H,16,17). The zero-order valence-electron chi connectivity index (χ0n) is 11.3. The number of hydrogen-bond donors (Lipinski definition) is 2. The molecule has 0 aliphatic carbocycles. The zero-order chi connectivity index (χ0) is 15.3. The number of carbonyl (C=O) groups is 1. The molecule has 0 spiro atoms. The lowest BCUT2D eigenvalue weighted by atomic mass is 9.98. The summed E-state index contributed by atoms with van der Waals surface area (Å²) >= 11 is 0. The Morgan fingerprint density at radius 2 is 1.95 bits per heavy atom. The Labute approximate surface area is 117 Å². The maximum absolute atomic E-state index is 13.4. The number of halogens is 1. The molecule has 20 heavy (non-hydrogen) atoms. The van der Waals surface area contributed by atoms with E-state index in [1.807, 2.05) is 13.8 Å². The van der Waals surface area contributed by atoms with Crippen LogP contribution in [0.15, 0.2) is 29.2 Å². The molecule has 0 fully saturated rings. The van der Waals surface area contributed by atoms with Crippen molar-refractivity contribution in [1.29, 1.82) is 0 Å². The van der Waals surface area contributed by atoms with Crippen LogP contribution >= 0.6 is 0 Å². The summed E-state index contributed by atoms with van der Waals surface area (Å²) in [5.41, 5.74) is 0. The summed E-state index contributed by atoms with van der Waals surface area (Å²) in [7, 11) is -4.04. The number of rotatable bonds is 7. The zero-order valence-corrected chi connectivity index (χ0v) is 12.2. The fourth-order valence-corrected chi connectivity index (χ4v) is 2.95. The van der Waals surface area contributed by atoms with E-state index in [1.54, 1.807) is 0 Å². The number of benzene rings is 1. The van der Waals surface area contributed by atoms with E-state index in [2.05, 4.69) is 4.72 Å². The minimum atomic E-state index is -4.04. The Morgan fingerprint density at radius 1 is 1.35 bits per heavy atom. The van der Waals surface area contributed by atoms with E-state index in [-0.39, 0.29) is 12.5 Å². The number of carboxylic acid groups (broad SMARTS) is 1. The van der Waals surface area contributed by atoms with Gasteiger partial charge >= 0.3 is 5.97 Å². The van der Waals surface area contributed by atoms with Gasteiger partial charge in [0.15, 0.2) is 0 Å². The van der Waals surface area contributed by atoms with Crippen molar-refractivity contribution in [2.24, 2.45) is 11.8 Å². The van der Waals surface area contributed by atoms with E-state index < -0.39 is 32.6 Å². The summed E-state index contributed by atoms with van der Waals surface area (Å²) in [6, 6.07) is 4.96. The second-order valence-electron chi connectivity index (χ2n) is 4.95. The molecule has 1 unspecified atom stereocenters. The normalized spacial score (nSPS) is 13.4. The first-order chi connectivity index (χ1) is 9.24. The molecule has 0 aliphatic rings. The van der Waals surface area contributed by atoms with Gasteiger partial charge in [0.2, 0.25) is 10.0 Å². The van der Waals surface area contributed by atoms with Crippen molar-refractivity contribution in [3.8, 4) is 0 Å². The summed E-state index contributed by atoms with van der Waals surface area (Å²) in [6.07, 6.45) is 0.342. The van der Waals surface area contributed by atoms with Gasteiger partial charge in [0.25, 0.3) is 0 Å². The van der Waals surface area contributed by atoms with Gasteiger partial charge in [-0.15, -0.1) is 0 Å². The van der Waals surface area contributed by atoms with Gasteiger partial charge in [-0.3, -0.25) is 4.79 Å². The molecule has 0 aliphatic heterocycles. The van der Waals surface area contributed by atoms with E-state index in [0.717, 1.165) is 12.1 Å². The van der Waals surface area contributed by atoms with Gasteiger partial charge < -0.3 is 5.11 Å². The van der Waals surface area contributed by atoms with Crippen molar-refractivity contribution < 1.29 is 22.7 Å². The van der Waals surface area contributed by atoms with Gasteiger partial charge in [0, 0.05) is 6.54 Å². The van der Waals surface area contributed by atoms with Crippen LogP contribution in [0.3, 0.4) is 0 Å². The molecule has 0 aromatic heterocycles. The molecule has 7 heteroatoms. The molecule has 0 heterocycles. The summed E-state index contributed by atoms with van der Waals surface area (Å²) < 4.78 is 39.4. The van der Waals surface area contributed by atoms with Crippen LogP contribution in [0.5, 0.6) is 0 Å². The number of nitrogens with one attached hydrogen (secondary N) is 1. The number of sulfonamides is 1. The quantitative estimate of drug-likeness (QED) is 0.805. The number of hydrogen-bond acceptors (Lipinski definition) is 3. The van der Waals surface area contributed by atoms with Gasteiger partial charge in [-0.2, -0.15) is 0 Å². The first-order valence-electron chi connectivity index (χ1n) is 6.21. The van der Waals surface area contributed by atoms with E-state index in [4.69, 9.17) is 5.11 Å². The highest BCUT2D eigenvalue weighted by atomic mass is 32.2. The predicted octanol–water partition coefficient (Wildman–Crippen LogP) is 1.85. The van der Waals surface area contributed by atoms with Crippen LogP contribution < -0.4 is 4.72 Å². The van der Waals surface area contributed by atoms with Gasteiger partial charge in [0.05, 0.1) is 5.92 Å². The van der Waals surface area contributed by atoms with Crippen LogP contribution in [0.1, 0.15) is 20.3 Å². The van der Waals surface area contributed by atoms with Crippen molar-refractivity contribution in [3.05, 3.63) is 30.1 Å². The molecule has 0 amide bonds. The molecule has 5 nitrogen and oxygen atoms in total. The summed E-state index contributed by atoms with van der Waals surface area (Å²) in [4.78, 5) is 10.6. The van der Waals surface area contributed by atoms with Crippen molar-refractivity contribution >= 4 is 16.0 Å². The molecule has 1 rings (SSSR count). The highest BCUT2D eigenvalue weighted by Gasteiger charge is 2.24. The maximum atomic E-state index is 13.4. The van der Waals surface area contributed by atoms with Crippen molar-refractivity contribution in [1.82, 2.24) is 4.72 Å². The molecular weight excluding hydrogens is 285 g/mol. The second-order valence-corrected chi connectivity index (χ2v) is 6.68. The van der Waals surface area contributed by atoms with Gasteiger partial charge in [-0.25, -0.2) is 17.5 Å². The van der Waals surface area contributed by atoms with Gasteiger partial charge in [0.1, 0.15) is 10.7 Å². The van der Waals surface area contributed by atoms with Crippen molar-refractivity contribution in [2.75, 3.05) is 6.54 Å². The third-order valence-electron chi connectivity index (χ3n) is 2.75. The highest BCUT2D eigenvalue weighted by molar-refractivity contribution is 7.89. The van der Waals surface area contributed by atoms with Crippen molar-refractivity contribution in [2.45, 2.75) is 25.2 Å². The van der Waals surface area contributed by atoms with E-state index in [1.165, 1.54) is 12.1 Å². The van der Waals surface area contributed by atoms with Gasteiger partial charge in [-0.1, -0.05) is 26.0 Å². The molecular formula is C13H18FNO4S. The van der Waals surface area contributed by atoms with Crippen LogP contribution in [0.4, 0.5) is 4.39 Å². The van der Waals surface area contributed by atoms with Crippen LogP contribution in [0.2, 0.25) is 0 Å². The van der Waals surface area contributed by atoms with Crippen LogP contribution in [-0.4, -0.2) is 26.0 Å². The largest absolute Gasteiger partial charge is 0.481 e. The minimum absolute atomic E-state index is 0.120. The smallest absolute Gasteiger partial charge is 0.307 e.